The summed E-state index contributed by atoms with van der Waals surface area (Å²) in [5.41, 5.74) is 3.26. The molecule has 0 N–H and O–H groups in total. The average molecular weight is 312 g/mol. The SMILES string of the molecule is CCn1nccc1-c1ccc(CC2CCCN(C(C)=O)C2)cn1. The average Bonchev–Trinajstić information content (AvgIpc) is 3.04. The summed E-state index contributed by atoms with van der Waals surface area (Å²) < 4.78 is 1.95. The van der Waals surface area contributed by atoms with Crippen molar-refractivity contribution in [2.45, 2.75) is 39.7 Å². The predicted molar refractivity (Wildman–Crippen MR) is 89.8 cm³/mol. The molecule has 1 fully saturated rings. The van der Waals surface area contributed by atoms with Crippen LogP contribution >= 0.6 is 0 Å². The number of piperidine rings is 1. The van der Waals surface area contributed by atoms with E-state index in [9.17, 15) is 4.79 Å². The first-order chi connectivity index (χ1) is 11.2. The summed E-state index contributed by atoms with van der Waals surface area (Å²) in [6.45, 7) is 6.36. The van der Waals surface area contributed by atoms with E-state index in [1.54, 1.807) is 6.92 Å². The number of pyridine rings is 1. The van der Waals surface area contributed by atoms with E-state index in [2.05, 4.69) is 29.1 Å². The van der Waals surface area contributed by atoms with Gasteiger partial charge in [-0.1, -0.05) is 6.07 Å². The number of aryl methyl sites for hydroxylation is 1. The van der Waals surface area contributed by atoms with Gasteiger partial charge in [0.1, 0.15) is 0 Å². The molecule has 0 bridgehead atoms. The Hall–Kier alpha value is -2.17. The molecular formula is C18H24N4O. The van der Waals surface area contributed by atoms with E-state index in [0.29, 0.717) is 5.92 Å². The molecule has 1 atom stereocenters. The van der Waals surface area contributed by atoms with Crippen LogP contribution in [0.25, 0.3) is 11.4 Å². The molecule has 23 heavy (non-hydrogen) atoms. The van der Waals surface area contributed by atoms with Crippen LogP contribution in [0, 0.1) is 5.92 Å². The number of likely N-dealkylation sites (tertiary alicyclic amines) is 1. The summed E-state index contributed by atoms with van der Waals surface area (Å²) in [4.78, 5) is 18.1. The van der Waals surface area contributed by atoms with Gasteiger partial charge >= 0.3 is 0 Å². The van der Waals surface area contributed by atoms with Gasteiger partial charge in [0.25, 0.3) is 0 Å². The van der Waals surface area contributed by atoms with Crippen LogP contribution < -0.4 is 0 Å². The highest BCUT2D eigenvalue weighted by molar-refractivity contribution is 5.73. The second-order valence-corrected chi connectivity index (χ2v) is 6.26. The summed E-state index contributed by atoms with van der Waals surface area (Å²) in [5.74, 6) is 0.734. The third kappa shape index (κ3) is 3.60. The Morgan fingerprint density at radius 3 is 2.91 bits per heavy atom. The van der Waals surface area contributed by atoms with Gasteiger partial charge in [0.15, 0.2) is 0 Å². The van der Waals surface area contributed by atoms with Crippen LogP contribution in [0.2, 0.25) is 0 Å². The second kappa shape index (κ2) is 6.94. The highest BCUT2D eigenvalue weighted by Gasteiger charge is 2.21. The van der Waals surface area contributed by atoms with Crippen LogP contribution in [0.4, 0.5) is 0 Å². The van der Waals surface area contributed by atoms with Crippen molar-refractivity contribution in [1.29, 1.82) is 0 Å². The summed E-state index contributed by atoms with van der Waals surface area (Å²) >= 11 is 0. The molecule has 1 saturated heterocycles. The first-order valence-corrected chi connectivity index (χ1v) is 8.40. The van der Waals surface area contributed by atoms with E-state index in [1.807, 2.05) is 28.0 Å². The quantitative estimate of drug-likeness (QED) is 0.872. The van der Waals surface area contributed by atoms with Crippen molar-refractivity contribution in [3.8, 4) is 11.4 Å². The number of carbonyl (C=O) groups is 1. The Bertz CT molecular complexity index is 662. The van der Waals surface area contributed by atoms with Crippen LogP contribution in [0.1, 0.15) is 32.3 Å². The Morgan fingerprint density at radius 1 is 1.35 bits per heavy atom. The van der Waals surface area contributed by atoms with Crippen molar-refractivity contribution >= 4 is 5.91 Å². The second-order valence-electron chi connectivity index (χ2n) is 6.26. The van der Waals surface area contributed by atoms with E-state index in [1.165, 1.54) is 12.0 Å². The lowest BCUT2D eigenvalue weighted by atomic mass is 9.92. The summed E-state index contributed by atoms with van der Waals surface area (Å²) in [7, 11) is 0. The molecular weight excluding hydrogens is 288 g/mol. The Labute approximate surface area is 137 Å². The summed E-state index contributed by atoms with van der Waals surface area (Å²) in [6, 6.07) is 6.23. The van der Waals surface area contributed by atoms with Gasteiger partial charge in [0, 0.05) is 39.0 Å². The molecule has 1 amide bonds. The molecule has 3 rings (SSSR count). The minimum absolute atomic E-state index is 0.191. The molecule has 0 aliphatic carbocycles. The Kier molecular flexibility index (Phi) is 4.74. The molecule has 5 heteroatoms. The molecule has 3 heterocycles. The molecule has 0 saturated carbocycles. The van der Waals surface area contributed by atoms with E-state index >= 15 is 0 Å². The van der Waals surface area contributed by atoms with Crippen LogP contribution in [0.5, 0.6) is 0 Å². The summed E-state index contributed by atoms with van der Waals surface area (Å²) in [5, 5.41) is 4.29. The van der Waals surface area contributed by atoms with Crippen molar-refractivity contribution in [2.75, 3.05) is 13.1 Å². The van der Waals surface area contributed by atoms with Crippen molar-refractivity contribution < 1.29 is 4.79 Å². The van der Waals surface area contributed by atoms with Crippen LogP contribution in [-0.4, -0.2) is 38.7 Å². The third-order valence-corrected chi connectivity index (χ3v) is 4.59. The zero-order valence-electron chi connectivity index (χ0n) is 13.9. The smallest absolute Gasteiger partial charge is 0.219 e. The van der Waals surface area contributed by atoms with Gasteiger partial charge < -0.3 is 4.90 Å². The van der Waals surface area contributed by atoms with E-state index in [-0.39, 0.29) is 5.91 Å². The fourth-order valence-corrected chi connectivity index (χ4v) is 3.35. The number of carbonyl (C=O) groups excluding carboxylic acids is 1. The number of hydrogen-bond donors (Lipinski definition) is 0. The molecule has 2 aromatic rings. The minimum atomic E-state index is 0.191. The van der Waals surface area contributed by atoms with Crippen LogP contribution in [0.3, 0.4) is 0 Å². The number of aromatic nitrogens is 3. The van der Waals surface area contributed by atoms with Gasteiger partial charge in [0.2, 0.25) is 5.91 Å². The van der Waals surface area contributed by atoms with E-state index in [0.717, 1.165) is 43.9 Å². The zero-order valence-corrected chi connectivity index (χ0v) is 13.9. The van der Waals surface area contributed by atoms with Gasteiger partial charge in [-0.2, -0.15) is 5.10 Å². The number of amides is 1. The van der Waals surface area contributed by atoms with Gasteiger partial charge in [0.05, 0.1) is 11.4 Å². The zero-order chi connectivity index (χ0) is 16.2. The number of nitrogens with zero attached hydrogens (tertiary/aromatic N) is 4. The fourth-order valence-electron chi connectivity index (χ4n) is 3.35. The third-order valence-electron chi connectivity index (χ3n) is 4.59. The van der Waals surface area contributed by atoms with Gasteiger partial charge in [-0.05, 0) is 49.8 Å². The maximum atomic E-state index is 11.5. The van der Waals surface area contributed by atoms with E-state index < -0.39 is 0 Å². The van der Waals surface area contributed by atoms with Gasteiger partial charge in [-0.25, -0.2) is 0 Å². The Balaban J connectivity index is 1.67. The predicted octanol–water partition coefficient (Wildman–Crippen LogP) is 2.77. The molecule has 0 radical (unpaired) electrons. The molecule has 2 aromatic heterocycles. The maximum absolute atomic E-state index is 11.5. The minimum Gasteiger partial charge on any atom is -0.343 e. The maximum Gasteiger partial charge on any atom is 0.219 e. The Morgan fingerprint density at radius 2 is 2.22 bits per heavy atom. The van der Waals surface area contributed by atoms with Gasteiger partial charge in [-0.15, -0.1) is 0 Å². The lowest BCUT2D eigenvalue weighted by Gasteiger charge is -2.32. The van der Waals surface area contributed by atoms with Crippen molar-refractivity contribution in [1.82, 2.24) is 19.7 Å². The van der Waals surface area contributed by atoms with Crippen molar-refractivity contribution in [3.05, 3.63) is 36.2 Å². The largest absolute Gasteiger partial charge is 0.343 e. The highest BCUT2D eigenvalue weighted by atomic mass is 16.2. The highest BCUT2D eigenvalue weighted by Crippen LogP contribution is 2.22. The lowest BCUT2D eigenvalue weighted by molar-refractivity contribution is -0.130. The van der Waals surface area contributed by atoms with Crippen molar-refractivity contribution in [3.63, 3.8) is 0 Å². The molecule has 5 nitrogen and oxygen atoms in total. The molecule has 0 aromatic carbocycles. The summed E-state index contributed by atoms with van der Waals surface area (Å²) in [6.07, 6.45) is 7.06. The van der Waals surface area contributed by atoms with E-state index in [4.69, 9.17) is 0 Å². The fraction of sp³-hybridized carbons (Fsp3) is 0.500. The molecule has 0 spiro atoms. The standard InChI is InChI=1S/C18H24N4O/c1-3-22-18(8-9-20-22)17-7-6-15(12-19-17)11-16-5-4-10-21(13-16)14(2)23/h6-9,12,16H,3-5,10-11,13H2,1-2H3. The van der Waals surface area contributed by atoms with Crippen molar-refractivity contribution in [2.24, 2.45) is 5.92 Å². The molecule has 1 aliphatic heterocycles. The van der Waals surface area contributed by atoms with Crippen LogP contribution in [-0.2, 0) is 17.8 Å². The lowest BCUT2D eigenvalue weighted by Crippen LogP contribution is -2.39. The normalized spacial score (nSPS) is 18.2. The van der Waals surface area contributed by atoms with Gasteiger partial charge in [-0.3, -0.25) is 14.5 Å². The number of hydrogen-bond acceptors (Lipinski definition) is 3. The first kappa shape index (κ1) is 15.7. The topological polar surface area (TPSA) is 51.0 Å². The molecule has 122 valence electrons. The molecule has 1 unspecified atom stereocenters. The molecule has 1 aliphatic rings. The monoisotopic (exact) mass is 312 g/mol. The van der Waals surface area contributed by atoms with Crippen LogP contribution in [0.15, 0.2) is 30.6 Å². The first-order valence-electron chi connectivity index (χ1n) is 8.40. The number of rotatable bonds is 4.